The molecule has 0 aliphatic heterocycles. The van der Waals surface area contributed by atoms with E-state index in [1.54, 1.807) is 27.7 Å². The molecule has 2 N–H and O–H groups in total. The fourth-order valence-electron chi connectivity index (χ4n) is 4.58. The summed E-state index contributed by atoms with van der Waals surface area (Å²) in [6, 6.07) is 0. The van der Waals surface area contributed by atoms with Gasteiger partial charge >= 0.3 is 12.1 Å². The number of hydrogen-bond acceptors (Lipinski definition) is 6. The van der Waals surface area contributed by atoms with Crippen LogP contribution >= 0.6 is 0 Å². The van der Waals surface area contributed by atoms with Gasteiger partial charge in [0.1, 0.15) is 11.2 Å². The summed E-state index contributed by atoms with van der Waals surface area (Å²) >= 11 is 0. The third kappa shape index (κ3) is 3.96. The molecule has 7 nitrogen and oxygen atoms in total. The third-order valence-corrected chi connectivity index (χ3v) is 5.95. The highest BCUT2D eigenvalue weighted by Gasteiger charge is 2.85. The number of esters is 1. The highest BCUT2D eigenvalue weighted by atomic mass is 16.6. The van der Waals surface area contributed by atoms with Gasteiger partial charge in [0, 0.05) is 6.20 Å². The largest absolute Gasteiger partial charge is 0.477 e. The van der Waals surface area contributed by atoms with Crippen LogP contribution in [0, 0.1) is 22.2 Å². The Kier molecular flexibility index (Phi) is 4.99. The minimum absolute atomic E-state index is 0.124. The summed E-state index contributed by atoms with van der Waals surface area (Å²) in [4.78, 5) is 23.9. The second-order valence-electron chi connectivity index (χ2n) is 8.76. The fraction of sp³-hybridized carbons (Fsp3) is 0.750. The summed E-state index contributed by atoms with van der Waals surface area (Å²) in [5.74, 6) is -0.283. The van der Waals surface area contributed by atoms with Crippen molar-refractivity contribution in [1.82, 2.24) is 5.32 Å². The SMILES string of the molecule is CCOC(=O)/C(=C/NC(=O)OC(C)(C)C)C(=N)OCCC1C2(CC2)C12CC2. The first-order chi connectivity index (χ1) is 12.7. The van der Waals surface area contributed by atoms with Crippen molar-refractivity contribution in [3.63, 3.8) is 0 Å². The number of rotatable bonds is 7. The molecule has 0 aromatic rings. The first kappa shape index (κ1) is 19.7. The van der Waals surface area contributed by atoms with Gasteiger partial charge in [0.05, 0.1) is 13.2 Å². The highest BCUT2D eigenvalue weighted by Crippen LogP contribution is 2.93. The zero-order chi connectivity index (χ0) is 19.9. The molecule has 0 radical (unpaired) electrons. The zero-order valence-electron chi connectivity index (χ0n) is 16.6. The van der Waals surface area contributed by atoms with E-state index in [1.807, 2.05) is 0 Å². The van der Waals surface area contributed by atoms with E-state index in [2.05, 4.69) is 5.32 Å². The molecule has 0 atom stereocenters. The van der Waals surface area contributed by atoms with Gasteiger partial charge in [-0.1, -0.05) is 0 Å². The van der Waals surface area contributed by atoms with Gasteiger partial charge in [0.25, 0.3) is 0 Å². The molecule has 0 aromatic heterocycles. The van der Waals surface area contributed by atoms with Crippen molar-refractivity contribution in [3.05, 3.63) is 11.8 Å². The maximum Gasteiger partial charge on any atom is 0.411 e. The Bertz CT molecular complexity index is 650. The van der Waals surface area contributed by atoms with Crippen LogP contribution in [0.3, 0.4) is 0 Å². The zero-order valence-corrected chi connectivity index (χ0v) is 16.6. The molecule has 3 rings (SSSR count). The molecule has 2 spiro atoms. The van der Waals surface area contributed by atoms with Gasteiger partial charge in [-0.3, -0.25) is 10.7 Å². The molecule has 0 aromatic carbocycles. The van der Waals surface area contributed by atoms with E-state index in [9.17, 15) is 9.59 Å². The second kappa shape index (κ2) is 6.84. The van der Waals surface area contributed by atoms with Gasteiger partial charge < -0.3 is 14.2 Å². The molecule has 3 aliphatic rings. The molecule has 3 aliphatic carbocycles. The highest BCUT2D eigenvalue weighted by molar-refractivity contribution is 6.15. The van der Waals surface area contributed by atoms with Crippen molar-refractivity contribution in [2.45, 2.75) is 65.4 Å². The van der Waals surface area contributed by atoms with Crippen LogP contribution in [-0.2, 0) is 19.0 Å². The molecule has 1 amide bonds. The van der Waals surface area contributed by atoms with Crippen LogP contribution in [0.1, 0.15) is 59.8 Å². The topological polar surface area (TPSA) is 97.7 Å². The van der Waals surface area contributed by atoms with E-state index < -0.39 is 17.7 Å². The molecule has 0 heterocycles. The Morgan fingerprint density at radius 2 is 1.74 bits per heavy atom. The minimum atomic E-state index is -0.707. The summed E-state index contributed by atoms with van der Waals surface area (Å²) in [6.45, 7) is 7.47. The Labute approximate surface area is 160 Å². The minimum Gasteiger partial charge on any atom is -0.477 e. The first-order valence-corrected chi connectivity index (χ1v) is 9.74. The molecule has 0 bridgehead atoms. The van der Waals surface area contributed by atoms with Crippen LogP contribution in [0.2, 0.25) is 0 Å². The molecular weight excluding hydrogens is 348 g/mol. The van der Waals surface area contributed by atoms with Crippen LogP contribution in [0.15, 0.2) is 11.8 Å². The van der Waals surface area contributed by atoms with E-state index in [0.29, 0.717) is 23.4 Å². The van der Waals surface area contributed by atoms with Crippen molar-refractivity contribution in [1.29, 1.82) is 5.41 Å². The molecule has 7 heteroatoms. The summed E-state index contributed by atoms with van der Waals surface area (Å²) in [7, 11) is 0. The number of carbonyl (C=O) groups excluding carboxylic acids is 2. The van der Waals surface area contributed by atoms with Gasteiger partial charge in [0.2, 0.25) is 5.90 Å². The summed E-state index contributed by atoms with van der Waals surface area (Å²) in [5.41, 5.74) is 0.405. The van der Waals surface area contributed by atoms with Crippen LogP contribution in [0.5, 0.6) is 0 Å². The third-order valence-electron chi connectivity index (χ3n) is 5.95. The average Bonchev–Trinajstić information content (AvgIpc) is 3.45. The summed E-state index contributed by atoms with van der Waals surface area (Å²) in [6.07, 6.45) is 6.67. The molecule has 27 heavy (non-hydrogen) atoms. The summed E-state index contributed by atoms with van der Waals surface area (Å²) < 4.78 is 15.6. The standard InChI is InChI=1S/C20H30N2O5/c1-5-25-16(23)13(12-22-17(24)27-18(2,3)4)15(21)26-11-6-14-19(7-8-19)20(14)9-10-20/h12,14,21H,5-11H2,1-4H3,(H,22,24)/b13-12+,21-15?. The lowest BCUT2D eigenvalue weighted by Crippen LogP contribution is -2.31. The van der Waals surface area contributed by atoms with Gasteiger partial charge in [-0.25, -0.2) is 9.59 Å². The van der Waals surface area contributed by atoms with Gasteiger partial charge in [-0.15, -0.1) is 0 Å². The Hall–Kier alpha value is -2.05. The monoisotopic (exact) mass is 378 g/mol. The van der Waals surface area contributed by atoms with Crippen molar-refractivity contribution in [2.24, 2.45) is 16.7 Å². The smallest absolute Gasteiger partial charge is 0.411 e. The number of alkyl carbamates (subject to hydrolysis) is 1. The average molecular weight is 378 g/mol. The predicted octanol–water partition coefficient (Wildman–Crippen LogP) is 3.53. The summed E-state index contributed by atoms with van der Waals surface area (Å²) in [5, 5.41) is 10.5. The number of nitrogens with one attached hydrogen (secondary N) is 2. The first-order valence-electron chi connectivity index (χ1n) is 9.74. The van der Waals surface area contributed by atoms with Gasteiger partial charge in [0.15, 0.2) is 0 Å². The molecule has 3 saturated carbocycles. The van der Waals surface area contributed by atoms with Crippen molar-refractivity contribution in [3.8, 4) is 0 Å². The van der Waals surface area contributed by atoms with E-state index in [1.165, 1.54) is 25.7 Å². The Morgan fingerprint density at radius 3 is 2.22 bits per heavy atom. The van der Waals surface area contributed by atoms with Crippen LogP contribution in [-0.4, -0.2) is 36.8 Å². The fourth-order valence-corrected chi connectivity index (χ4v) is 4.58. The van der Waals surface area contributed by atoms with E-state index >= 15 is 0 Å². The number of amides is 1. The predicted molar refractivity (Wildman–Crippen MR) is 99.2 cm³/mol. The van der Waals surface area contributed by atoms with Crippen molar-refractivity contribution >= 4 is 18.0 Å². The maximum atomic E-state index is 12.1. The number of carbonyl (C=O) groups is 2. The van der Waals surface area contributed by atoms with Gasteiger partial charge in [-0.2, -0.15) is 0 Å². The second-order valence-corrected chi connectivity index (χ2v) is 8.76. The van der Waals surface area contributed by atoms with E-state index in [-0.39, 0.29) is 18.1 Å². The molecule has 0 saturated heterocycles. The van der Waals surface area contributed by atoms with Crippen molar-refractivity contribution in [2.75, 3.05) is 13.2 Å². The lowest BCUT2D eigenvalue weighted by atomic mass is 10.2. The van der Waals surface area contributed by atoms with Crippen molar-refractivity contribution < 1.29 is 23.8 Å². The molecule has 3 fully saturated rings. The number of ether oxygens (including phenoxy) is 3. The molecule has 0 unspecified atom stereocenters. The lowest BCUT2D eigenvalue weighted by Gasteiger charge is -2.19. The van der Waals surface area contributed by atoms with Crippen LogP contribution in [0.4, 0.5) is 4.79 Å². The number of hydrogen-bond donors (Lipinski definition) is 2. The maximum absolute atomic E-state index is 12.1. The van der Waals surface area contributed by atoms with Crippen LogP contribution < -0.4 is 5.32 Å². The Balaban J connectivity index is 1.51. The quantitative estimate of drug-likeness (QED) is 0.306. The Morgan fingerprint density at radius 1 is 1.15 bits per heavy atom. The molecule has 150 valence electrons. The van der Waals surface area contributed by atoms with Crippen LogP contribution in [0.25, 0.3) is 0 Å². The normalized spacial score (nSPS) is 23.6. The lowest BCUT2D eigenvalue weighted by molar-refractivity contribution is -0.138. The van der Waals surface area contributed by atoms with E-state index in [0.717, 1.165) is 12.6 Å². The van der Waals surface area contributed by atoms with E-state index in [4.69, 9.17) is 19.6 Å². The van der Waals surface area contributed by atoms with Gasteiger partial charge in [-0.05, 0) is 76.5 Å². The molecular formula is C20H30N2O5. The number of fused-ring (bicyclic) bond motifs is 1.